The van der Waals surface area contributed by atoms with E-state index in [1.807, 2.05) is 12.1 Å². The molecule has 0 unspecified atom stereocenters. The van der Waals surface area contributed by atoms with Crippen molar-refractivity contribution < 1.29 is 17.9 Å². The molecule has 0 aliphatic carbocycles. The van der Waals surface area contributed by atoms with E-state index in [0.717, 1.165) is 0 Å². The van der Waals surface area contributed by atoms with E-state index in [2.05, 4.69) is 15.9 Å². The fourth-order valence-electron chi connectivity index (χ4n) is 2.23. The highest BCUT2D eigenvalue weighted by Gasteiger charge is 2.26. The van der Waals surface area contributed by atoms with Gasteiger partial charge in [0.05, 0.1) is 24.8 Å². The molecule has 7 heteroatoms. The highest BCUT2D eigenvalue weighted by atomic mass is 79.9. The molecule has 2 aromatic rings. The van der Waals surface area contributed by atoms with E-state index in [1.54, 1.807) is 25.1 Å². The summed E-state index contributed by atoms with van der Waals surface area (Å²) >= 11 is 3.40. The van der Waals surface area contributed by atoms with E-state index in [0.29, 0.717) is 28.2 Å². The molecule has 0 atom stereocenters. The van der Waals surface area contributed by atoms with Gasteiger partial charge in [0.1, 0.15) is 0 Å². The third-order valence-corrected chi connectivity index (χ3v) is 5.91. The summed E-state index contributed by atoms with van der Waals surface area (Å²) in [6.45, 7) is 2.09. The number of hydrogen-bond acceptors (Lipinski definition) is 4. The maximum atomic E-state index is 13.0. The van der Waals surface area contributed by atoms with Crippen LogP contribution in [0, 0.1) is 0 Å². The van der Waals surface area contributed by atoms with Crippen LogP contribution in [0.1, 0.15) is 6.92 Å². The van der Waals surface area contributed by atoms with Crippen molar-refractivity contribution in [3.8, 4) is 11.5 Å². The monoisotopic (exact) mass is 399 g/mol. The van der Waals surface area contributed by atoms with Crippen molar-refractivity contribution in [1.82, 2.24) is 0 Å². The van der Waals surface area contributed by atoms with Gasteiger partial charge in [-0.3, -0.25) is 4.31 Å². The van der Waals surface area contributed by atoms with Crippen LogP contribution < -0.4 is 13.8 Å². The fourth-order valence-corrected chi connectivity index (χ4v) is 4.35. The maximum absolute atomic E-state index is 13.0. The quantitative estimate of drug-likeness (QED) is 0.743. The Bertz CT molecular complexity index is 792. The highest BCUT2D eigenvalue weighted by molar-refractivity contribution is 9.10. The molecule has 0 spiro atoms. The lowest BCUT2D eigenvalue weighted by Crippen LogP contribution is -2.31. The first-order valence-corrected chi connectivity index (χ1v) is 9.18. The van der Waals surface area contributed by atoms with Crippen molar-refractivity contribution in [2.45, 2.75) is 11.8 Å². The molecule has 0 fully saturated rings. The Hall–Kier alpha value is -1.73. The van der Waals surface area contributed by atoms with Crippen LogP contribution in [-0.4, -0.2) is 29.2 Å². The molecule has 2 aromatic carbocycles. The summed E-state index contributed by atoms with van der Waals surface area (Å²) < 4.78 is 38.4. The first kappa shape index (κ1) is 17.6. The molecule has 23 heavy (non-hydrogen) atoms. The van der Waals surface area contributed by atoms with Crippen molar-refractivity contribution in [1.29, 1.82) is 0 Å². The summed E-state index contributed by atoms with van der Waals surface area (Å²) in [5.74, 6) is 0.854. The number of halogens is 1. The van der Waals surface area contributed by atoms with Crippen molar-refractivity contribution >= 4 is 31.6 Å². The molecule has 2 rings (SSSR count). The van der Waals surface area contributed by atoms with Gasteiger partial charge in [0, 0.05) is 17.1 Å². The second-order valence-corrected chi connectivity index (χ2v) is 7.35. The summed E-state index contributed by atoms with van der Waals surface area (Å²) in [7, 11) is -0.739. The van der Waals surface area contributed by atoms with Crippen LogP contribution in [0.25, 0.3) is 0 Å². The number of para-hydroxylation sites is 1. The molecule has 0 bridgehead atoms. The minimum Gasteiger partial charge on any atom is -0.493 e. The topological polar surface area (TPSA) is 55.8 Å². The molecular weight excluding hydrogens is 382 g/mol. The molecule has 0 aliphatic heterocycles. The average molecular weight is 400 g/mol. The van der Waals surface area contributed by atoms with E-state index < -0.39 is 10.0 Å². The normalized spacial score (nSPS) is 11.1. The summed E-state index contributed by atoms with van der Waals surface area (Å²) in [6, 6.07) is 11.8. The minimum absolute atomic E-state index is 0.146. The fraction of sp³-hybridized carbons (Fsp3) is 0.250. The molecule has 0 radical (unpaired) electrons. The van der Waals surface area contributed by atoms with Gasteiger partial charge in [0.2, 0.25) is 0 Å². The van der Waals surface area contributed by atoms with Crippen molar-refractivity contribution in [2.75, 3.05) is 25.1 Å². The zero-order valence-electron chi connectivity index (χ0n) is 13.1. The van der Waals surface area contributed by atoms with Crippen molar-refractivity contribution in [2.24, 2.45) is 0 Å². The Morgan fingerprint density at radius 1 is 1.04 bits per heavy atom. The first-order chi connectivity index (χ1) is 11.0. The van der Waals surface area contributed by atoms with Gasteiger partial charge in [0.25, 0.3) is 10.0 Å². The van der Waals surface area contributed by atoms with Crippen LogP contribution in [0.4, 0.5) is 5.69 Å². The maximum Gasteiger partial charge on any atom is 0.264 e. The summed E-state index contributed by atoms with van der Waals surface area (Å²) in [5, 5.41) is 0. The van der Waals surface area contributed by atoms with Crippen LogP contribution in [0.2, 0.25) is 0 Å². The number of nitrogens with zero attached hydrogens (tertiary/aromatic N) is 1. The largest absolute Gasteiger partial charge is 0.493 e. The second kappa shape index (κ2) is 7.23. The molecule has 0 saturated heterocycles. The smallest absolute Gasteiger partial charge is 0.264 e. The van der Waals surface area contributed by atoms with Gasteiger partial charge in [-0.2, -0.15) is 0 Å². The zero-order valence-corrected chi connectivity index (χ0v) is 15.5. The lowest BCUT2D eigenvalue weighted by Gasteiger charge is -2.24. The molecule has 0 aromatic heterocycles. The van der Waals surface area contributed by atoms with E-state index in [4.69, 9.17) is 9.47 Å². The Morgan fingerprint density at radius 3 is 2.26 bits per heavy atom. The summed E-state index contributed by atoms with van der Waals surface area (Å²) in [5.41, 5.74) is 0.588. The van der Waals surface area contributed by atoms with Crippen molar-refractivity contribution in [3.63, 3.8) is 0 Å². The van der Waals surface area contributed by atoms with E-state index in [1.165, 1.54) is 30.7 Å². The summed E-state index contributed by atoms with van der Waals surface area (Å²) in [6.07, 6.45) is 0. The minimum atomic E-state index is -3.72. The van der Waals surface area contributed by atoms with Gasteiger partial charge < -0.3 is 9.47 Å². The molecule has 0 aliphatic rings. The number of sulfonamides is 1. The van der Waals surface area contributed by atoms with Crippen LogP contribution in [0.3, 0.4) is 0 Å². The Kier molecular flexibility index (Phi) is 5.54. The SMILES string of the molecule is CCN(c1ccccc1Br)S(=O)(=O)c1ccc(OC)c(OC)c1. The molecular formula is C16H18BrNO4S. The van der Waals surface area contributed by atoms with Crippen molar-refractivity contribution in [3.05, 3.63) is 46.9 Å². The predicted molar refractivity (Wildman–Crippen MR) is 93.9 cm³/mol. The second-order valence-electron chi connectivity index (χ2n) is 4.64. The Balaban J connectivity index is 2.54. The molecule has 0 saturated carbocycles. The number of rotatable bonds is 6. The number of anilines is 1. The summed E-state index contributed by atoms with van der Waals surface area (Å²) in [4.78, 5) is 0.146. The van der Waals surface area contributed by atoms with E-state index >= 15 is 0 Å². The van der Waals surface area contributed by atoms with Crippen LogP contribution >= 0.6 is 15.9 Å². The third-order valence-electron chi connectivity index (χ3n) is 3.35. The van der Waals surface area contributed by atoms with Crippen LogP contribution in [0.5, 0.6) is 11.5 Å². The van der Waals surface area contributed by atoms with Gasteiger partial charge >= 0.3 is 0 Å². The molecule has 0 N–H and O–H groups in total. The number of benzene rings is 2. The van der Waals surface area contributed by atoms with Gasteiger partial charge in [-0.15, -0.1) is 0 Å². The first-order valence-electron chi connectivity index (χ1n) is 6.95. The van der Waals surface area contributed by atoms with E-state index in [9.17, 15) is 8.42 Å². The van der Waals surface area contributed by atoms with Gasteiger partial charge in [-0.1, -0.05) is 12.1 Å². The Labute approximate surface area is 145 Å². The molecule has 5 nitrogen and oxygen atoms in total. The van der Waals surface area contributed by atoms with Gasteiger partial charge in [0.15, 0.2) is 11.5 Å². The standard InChI is InChI=1S/C16H18BrNO4S/c1-4-18(14-8-6-5-7-13(14)17)23(19,20)12-9-10-15(21-2)16(11-12)22-3/h5-11H,4H2,1-3H3. The zero-order chi connectivity index (χ0) is 17.0. The number of hydrogen-bond donors (Lipinski definition) is 0. The number of methoxy groups -OCH3 is 2. The molecule has 124 valence electrons. The highest BCUT2D eigenvalue weighted by Crippen LogP contribution is 2.34. The predicted octanol–water partition coefficient (Wildman–Crippen LogP) is 3.68. The average Bonchev–Trinajstić information content (AvgIpc) is 2.56. The molecule has 0 heterocycles. The van der Waals surface area contributed by atoms with Gasteiger partial charge in [-0.25, -0.2) is 8.42 Å². The lowest BCUT2D eigenvalue weighted by atomic mass is 10.3. The van der Waals surface area contributed by atoms with E-state index in [-0.39, 0.29) is 4.90 Å². The van der Waals surface area contributed by atoms with Gasteiger partial charge in [-0.05, 0) is 47.1 Å². The van der Waals surface area contributed by atoms with Crippen LogP contribution in [0.15, 0.2) is 51.8 Å². The third kappa shape index (κ3) is 3.45. The molecule has 0 amide bonds. The Morgan fingerprint density at radius 2 is 1.70 bits per heavy atom. The lowest BCUT2D eigenvalue weighted by molar-refractivity contribution is 0.354. The number of ether oxygens (including phenoxy) is 2. The van der Waals surface area contributed by atoms with Crippen LogP contribution in [-0.2, 0) is 10.0 Å².